The molecule has 4 heteroatoms. The Morgan fingerprint density at radius 3 is 2.31 bits per heavy atom. The first kappa shape index (κ1) is 11.3. The van der Waals surface area contributed by atoms with E-state index in [0.29, 0.717) is 6.61 Å². The second kappa shape index (κ2) is 6.97. The van der Waals surface area contributed by atoms with Gasteiger partial charge in [-0.3, -0.25) is 4.79 Å². The third kappa shape index (κ3) is 5.55. The molecule has 0 aliphatic heterocycles. The van der Waals surface area contributed by atoms with Crippen LogP contribution in [0.4, 0.5) is 0 Å². The van der Waals surface area contributed by atoms with E-state index >= 15 is 0 Å². The van der Waals surface area contributed by atoms with Crippen molar-refractivity contribution in [2.45, 2.75) is 6.92 Å². The lowest BCUT2D eigenvalue weighted by Crippen LogP contribution is -1.89. The lowest BCUT2D eigenvalue weighted by Gasteiger charge is -2.00. The second-order valence-corrected chi connectivity index (χ2v) is 2.06. The van der Waals surface area contributed by atoms with Crippen LogP contribution in [-0.2, 0) is 4.79 Å². The Kier molecular flexibility index (Phi) is 6.05. The molecule has 0 radical (unpaired) electrons. The van der Waals surface area contributed by atoms with E-state index in [1.54, 1.807) is 24.3 Å². The second-order valence-electron chi connectivity index (χ2n) is 2.06. The van der Waals surface area contributed by atoms with Crippen molar-refractivity contribution in [3.8, 4) is 11.5 Å². The summed E-state index contributed by atoms with van der Waals surface area (Å²) >= 11 is 0. The van der Waals surface area contributed by atoms with Gasteiger partial charge in [-0.1, -0.05) is 0 Å². The molecule has 1 aromatic carbocycles. The number of carbonyl (C=O) groups excluding carboxylic acids is 1. The zero-order chi connectivity index (χ0) is 10.1. The zero-order valence-corrected chi connectivity index (χ0v) is 7.43. The Morgan fingerprint density at radius 1 is 1.46 bits per heavy atom. The Hall–Kier alpha value is -1.71. The lowest BCUT2D eigenvalue weighted by molar-refractivity contribution is -0.106. The Morgan fingerprint density at radius 2 is 1.92 bits per heavy atom. The lowest BCUT2D eigenvalue weighted by atomic mass is 10.3. The molecule has 13 heavy (non-hydrogen) atoms. The van der Waals surface area contributed by atoms with Crippen LogP contribution in [0.15, 0.2) is 24.3 Å². The molecular formula is C9H13NO3. The fraction of sp³-hybridized carbons (Fsp3) is 0.222. The number of aromatic hydroxyl groups is 1. The monoisotopic (exact) mass is 183 g/mol. The van der Waals surface area contributed by atoms with Crippen molar-refractivity contribution in [1.29, 1.82) is 0 Å². The highest BCUT2D eigenvalue weighted by atomic mass is 16.5. The molecule has 0 aliphatic rings. The smallest absolute Gasteiger partial charge is 0.204 e. The summed E-state index contributed by atoms with van der Waals surface area (Å²) in [5, 5.41) is 8.87. The summed E-state index contributed by atoms with van der Waals surface area (Å²) in [5.74, 6) is 1.06. The minimum atomic E-state index is 0.250. The molecule has 0 saturated carbocycles. The topological polar surface area (TPSA) is 72.6 Å². The van der Waals surface area contributed by atoms with Gasteiger partial charge in [0.05, 0.1) is 6.61 Å². The van der Waals surface area contributed by atoms with Gasteiger partial charge in [-0.2, -0.15) is 0 Å². The molecular weight excluding hydrogens is 170 g/mol. The van der Waals surface area contributed by atoms with Crippen LogP contribution in [0, 0.1) is 0 Å². The van der Waals surface area contributed by atoms with Crippen LogP contribution in [0.2, 0.25) is 0 Å². The van der Waals surface area contributed by atoms with Gasteiger partial charge in [0.25, 0.3) is 0 Å². The summed E-state index contributed by atoms with van der Waals surface area (Å²) in [7, 11) is 0. The van der Waals surface area contributed by atoms with E-state index < -0.39 is 0 Å². The number of hydrogen-bond donors (Lipinski definition) is 2. The van der Waals surface area contributed by atoms with Gasteiger partial charge in [0, 0.05) is 0 Å². The maximum Gasteiger partial charge on any atom is 0.204 e. The third-order valence-corrected chi connectivity index (χ3v) is 1.15. The minimum Gasteiger partial charge on any atom is -0.508 e. The molecule has 0 bridgehead atoms. The highest BCUT2D eigenvalue weighted by molar-refractivity contribution is 5.42. The van der Waals surface area contributed by atoms with Crippen molar-refractivity contribution in [3.05, 3.63) is 24.3 Å². The molecule has 3 N–H and O–H groups in total. The van der Waals surface area contributed by atoms with E-state index in [0.717, 1.165) is 5.75 Å². The van der Waals surface area contributed by atoms with E-state index in [2.05, 4.69) is 5.73 Å². The summed E-state index contributed by atoms with van der Waals surface area (Å²) in [5.41, 5.74) is 4.17. The molecule has 0 aromatic heterocycles. The van der Waals surface area contributed by atoms with Crippen LogP contribution in [-0.4, -0.2) is 18.1 Å². The van der Waals surface area contributed by atoms with Crippen LogP contribution in [0.3, 0.4) is 0 Å². The van der Waals surface area contributed by atoms with Crippen LogP contribution < -0.4 is 10.5 Å². The molecule has 1 aromatic rings. The number of ether oxygens (including phenoxy) is 1. The number of primary amides is 1. The number of rotatable bonds is 2. The highest BCUT2D eigenvalue weighted by Gasteiger charge is 1.89. The predicted molar refractivity (Wildman–Crippen MR) is 49.5 cm³/mol. The van der Waals surface area contributed by atoms with Gasteiger partial charge in [0.15, 0.2) is 0 Å². The van der Waals surface area contributed by atoms with Gasteiger partial charge >= 0.3 is 0 Å². The van der Waals surface area contributed by atoms with Gasteiger partial charge in [0.1, 0.15) is 11.5 Å². The first-order chi connectivity index (χ1) is 6.24. The molecule has 0 fully saturated rings. The molecule has 0 atom stereocenters. The molecule has 0 unspecified atom stereocenters. The van der Waals surface area contributed by atoms with Crippen molar-refractivity contribution >= 4 is 6.41 Å². The summed E-state index contributed by atoms with van der Waals surface area (Å²) < 4.78 is 5.15. The Labute approximate surface area is 76.9 Å². The van der Waals surface area contributed by atoms with Gasteiger partial charge in [-0.25, -0.2) is 0 Å². The van der Waals surface area contributed by atoms with Gasteiger partial charge in [0.2, 0.25) is 6.41 Å². The SMILES string of the molecule is CCOc1ccc(O)cc1.NC=O. The van der Waals surface area contributed by atoms with Crippen LogP contribution in [0.1, 0.15) is 6.92 Å². The molecule has 1 amide bonds. The maximum atomic E-state index is 8.87. The average Bonchev–Trinajstić information content (AvgIpc) is 2.11. The first-order valence-electron chi connectivity index (χ1n) is 3.81. The number of hydrogen-bond acceptors (Lipinski definition) is 3. The van der Waals surface area contributed by atoms with Crippen molar-refractivity contribution in [3.63, 3.8) is 0 Å². The summed E-state index contributed by atoms with van der Waals surface area (Å²) in [6.07, 6.45) is 0.250. The summed E-state index contributed by atoms with van der Waals surface area (Å²) in [6, 6.07) is 6.67. The number of nitrogens with two attached hydrogens (primary N) is 1. The van der Waals surface area contributed by atoms with Gasteiger partial charge < -0.3 is 15.6 Å². The third-order valence-electron chi connectivity index (χ3n) is 1.15. The zero-order valence-electron chi connectivity index (χ0n) is 7.43. The normalized spacial score (nSPS) is 8.08. The van der Waals surface area contributed by atoms with Crippen molar-refractivity contribution in [2.75, 3.05) is 6.61 Å². The van der Waals surface area contributed by atoms with E-state index in [9.17, 15) is 0 Å². The van der Waals surface area contributed by atoms with Crippen LogP contribution in [0.5, 0.6) is 11.5 Å². The minimum absolute atomic E-state index is 0.250. The van der Waals surface area contributed by atoms with E-state index in [1.807, 2.05) is 6.92 Å². The number of phenols is 1. The van der Waals surface area contributed by atoms with Gasteiger partial charge in [-0.15, -0.1) is 0 Å². The van der Waals surface area contributed by atoms with Crippen molar-refractivity contribution in [2.24, 2.45) is 5.73 Å². The van der Waals surface area contributed by atoms with E-state index in [1.165, 1.54) is 0 Å². The number of carbonyl (C=O) groups is 1. The average molecular weight is 183 g/mol. The van der Waals surface area contributed by atoms with Gasteiger partial charge in [-0.05, 0) is 31.2 Å². The summed E-state index contributed by atoms with van der Waals surface area (Å²) in [6.45, 7) is 2.58. The fourth-order valence-electron chi connectivity index (χ4n) is 0.709. The van der Waals surface area contributed by atoms with Crippen molar-refractivity contribution < 1.29 is 14.6 Å². The van der Waals surface area contributed by atoms with Crippen LogP contribution in [0.25, 0.3) is 0 Å². The summed E-state index contributed by atoms with van der Waals surface area (Å²) in [4.78, 5) is 8.58. The fourth-order valence-corrected chi connectivity index (χ4v) is 0.709. The number of amides is 1. The number of phenolic OH excluding ortho intramolecular Hbond substituents is 1. The largest absolute Gasteiger partial charge is 0.508 e. The predicted octanol–water partition coefficient (Wildman–Crippen LogP) is 0.892. The van der Waals surface area contributed by atoms with Crippen molar-refractivity contribution in [1.82, 2.24) is 0 Å². The molecule has 0 aliphatic carbocycles. The quantitative estimate of drug-likeness (QED) is 0.669. The standard InChI is InChI=1S/C8H10O2.CH3NO/c1-2-10-8-5-3-7(9)4-6-8;2-1-3/h3-6,9H,2H2,1H3;1H,(H2,2,3). The molecule has 72 valence electrons. The van der Waals surface area contributed by atoms with E-state index in [4.69, 9.17) is 14.6 Å². The maximum absolute atomic E-state index is 8.87. The molecule has 0 spiro atoms. The molecule has 0 saturated heterocycles. The first-order valence-corrected chi connectivity index (χ1v) is 3.81. The molecule has 4 nitrogen and oxygen atoms in total. The molecule has 0 heterocycles. The number of benzene rings is 1. The Bertz CT molecular complexity index is 233. The van der Waals surface area contributed by atoms with Crippen LogP contribution >= 0.6 is 0 Å². The molecule has 1 rings (SSSR count). The highest BCUT2D eigenvalue weighted by Crippen LogP contribution is 2.15. The van der Waals surface area contributed by atoms with E-state index in [-0.39, 0.29) is 12.2 Å². The Balaban J connectivity index is 0.000000424.